The van der Waals surface area contributed by atoms with E-state index in [4.69, 9.17) is 0 Å². The van der Waals surface area contributed by atoms with Crippen LogP contribution in [0.15, 0.2) is 23.5 Å². The summed E-state index contributed by atoms with van der Waals surface area (Å²) in [6.07, 6.45) is 0.813. The minimum atomic E-state index is 0.406. The summed E-state index contributed by atoms with van der Waals surface area (Å²) in [5, 5.41) is 2.45. The van der Waals surface area contributed by atoms with E-state index in [2.05, 4.69) is 0 Å². The second kappa shape index (κ2) is 7.04. The molecule has 0 saturated carbocycles. The third-order valence-electron chi connectivity index (χ3n) is 0.270. The van der Waals surface area contributed by atoms with Crippen LogP contribution in [0.5, 0.6) is 0 Å². The van der Waals surface area contributed by atoms with E-state index in [9.17, 15) is 8.78 Å². The van der Waals surface area contributed by atoms with Crippen LogP contribution < -0.4 is 0 Å². The molecule has 0 fully saturated rings. The highest BCUT2D eigenvalue weighted by atomic mass is 33.1. The molecule has 0 atom stereocenters. The van der Waals surface area contributed by atoms with Crippen molar-refractivity contribution >= 4 is 21.6 Å². The zero-order chi connectivity index (χ0) is 6.24. The fourth-order valence-corrected chi connectivity index (χ4v) is 0.955. The molecule has 46 valence electrons. The van der Waals surface area contributed by atoms with Gasteiger partial charge in [-0.3, -0.25) is 0 Å². The van der Waals surface area contributed by atoms with Gasteiger partial charge in [-0.25, -0.2) is 8.78 Å². The van der Waals surface area contributed by atoms with Crippen molar-refractivity contribution in [3.8, 4) is 0 Å². The van der Waals surface area contributed by atoms with Crippen molar-refractivity contribution in [3.05, 3.63) is 23.5 Å². The van der Waals surface area contributed by atoms with Crippen molar-refractivity contribution in [3.63, 3.8) is 0 Å². The molecular weight excluding hydrogens is 150 g/mol. The Morgan fingerprint density at radius 2 is 1.25 bits per heavy atom. The number of rotatable bonds is 3. The number of hydrogen-bond donors (Lipinski definition) is 0. The van der Waals surface area contributed by atoms with Crippen LogP contribution in [-0.2, 0) is 0 Å². The van der Waals surface area contributed by atoms with Gasteiger partial charge in [0.2, 0.25) is 0 Å². The van der Waals surface area contributed by atoms with E-state index in [0.29, 0.717) is 12.7 Å². The van der Waals surface area contributed by atoms with E-state index in [0.717, 1.165) is 21.6 Å². The fourth-order valence-electron chi connectivity index (χ4n) is 0.106. The van der Waals surface area contributed by atoms with Gasteiger partial charge in [-0.15, -0.1) is 0 Å². The summed E-state index contributed by atoms with van der Waals surface area (Å²) in [7, 11) is 2.22. The minimum Gasteiger partial charge on any atom is -0.215 e. The Hall–Kier alpha value is 0.0400. The first kappa shape index (κ1) is 8.04. The third-order valence-corrected chi connectivity index (χ3v) is 1.81. The Morgan fingerprint density at radius 1 is 0.875 bits per heavy atom. The zero-order valence-corrected chi connectivity index (χ0v) is 5.51. The van der Waals surface area contributed by atoms with Crippen LogP contribution in [0.1, 0.15) is 0 Å². The number of hydrogen-bond acceptors (Lipinski definition) is 2. The second-order valence-corrected chi connectivity index (χ2v) is 2.80. The highest BCUT2D eigenvalue weighted by Crippen LogP contribution is 2.23. The highest BCUT2D eigenvalue weighted by molar-refractivity contribution is 8.78. The normalized spacial score (nSPS) is 11.8. The molecule has 0 aromatic carbocycles. The van der Waals surface area contributed by atoms with Crippen molar-refractivity contribution in [2.45, 2.75) is 0 Å². The monoisotopic (exact) mass is 154 g/mol. The van der Waals surface area contributed by atoms with E-state index >= 15 is 0 Å². The Morgan fingerprint density at radius 3 is 1.50 bits per heavy atom. The quantitative estimate of drug-likeness (QED) is 0.452. The lowest BCUT2D eigenvalue weighted by Crippen LogP contribution is -1.36. The van der Waals surface area contributed by atoms with E-state index in [1.54, 1.807) is 0 Å². The first-order chi connectivity index (χ1) is 3.91. The van der Waals surface area contributed by atoms with Crippen LogP contribution in [0, 0.1) is 0 Å². The lowest BCUT2D eigenvalue weighted by molar-refractivity contribution is 0.723. The van der Waals surface area contributed by atoms with Crippen molar-refractivity contribution in [1.82, 2.24) is 0 Å². The molecular formula is C4H4F2S2. The lowest BCUT2D eigenvalue weighted by Gasteiger charge is -1.78. The van der Waals surface area contributed by atoms with Crippen molar-refractivity contribution in [2.24, 2.45) is 0 Å². The van der Waals surface area contributed by atoms with Crippen LogP contribution in [0.3, 0.4) is 0 Å². The summed E-state index contributed by atoms with van der Waals surface area (Å²) < 4.78 is 22.2. The van der Waals surface area contributed by atoms with Crippen LogP contribution in [-0.4, -0.2) is 0 Å². The summed E-state index contributed by atoms with van der Waals surface area (Å²) in [4.78, 5) is 0. The standard InChI is InChI=1S/C4H4F2S2/c5-1-3-7-8-4-2-6/h1-4H. The molecule has 0 bridgehead atoms. The van der Waals surface area contributed by atoms with E-state index in [-0.39, 0.29) is 0 Å². The first-order valence-electron chi connectivity index (χ1n) is 1.74. The van der Waals surface area contributed by atoms with Crippen molar-refractivity contribution < 1.29 is 8.78 Å². The predicted octanol–water partition coefficient (Wildman–Crippen LogP) is 3.25. The van der Waals surface area contributed by atoms with Gasteiger partial charge < -0.3 is 0 Å². The number of halogens is 2. The molecule has 0 aromatic heterocycles. The Labute approximate surface area is 54.4 Å². The first-order valence-corrected chi connectivity index (χ1v) is 4.02. The van der Waals surface area contributed by atoms with Gasteiger partial charge in [0.1, 0.15) is 0 Å². The molecule has 0 saturated heterocycles. The molecule has 0 aliphatic rings. The van der Waals surface area contributed by atoms with Gasteiger partial charge in [0.15, 0.2) is 0 Å². The maximum absolute atomic E-state index is 11.1. The van der Waals surface area contributed by atoms with Gasteiger partial charge in [-0.05, 0) is 0 Å². The summed E-state index contributed by atoms with van der Waals surface area (Å²) >= 11 is 0. The fraction of sp³-hybridized carbons (Fsp3) is 0. The van der Waals surface area contributed by atoms with Gasteiger partial charge in [0.25, 0.3) is 0 Å². The molecule has 0 radical (unpaired) electrons. The van der Waals surface area contributed by atoms with Gasteiger partial charge >= 0.3 is 0 Å². The second-order valence-electron chi connectivity index (χ2n) is 0.717. The molecule has 0 heterocycles. The maximum atomic E-state index is 11.1. The molecule has 0 aliphatic heterocycles. The lowest BCUT2D eigenvalue weighted by atomic mass is 11.2. The summed E-state index contributed by atoms with van der Waals surface area (Å²) in [6, 6.07) is 0. The molecule has 0 N–H and O–H groups in total. The average molecular weight is 154 g/mol. The summed E-state index contributed by atoms with van der Waals surface area (Å²) in [5.41, 5.74) is 0. The molecule has 0 aliphatic carbocycles. The van der Waals surface area contributed by atoms with E-state index in [1.165, 1.54) is 10.8 Å². The van der Waals surface area contributed by atoms with Crippen LogP contribution in [0.4, 0.5) is 8.78 Å². The largest absolute Gasteiger partial charge is 0.215 e. The van der Waals surface area contributed by atoms with Crippen molar-refractivity contribution in [1.29, 1.82) is 0 Å². The molecule has 8 heavy (non-hydrogen) atoms. The van der Waals surface area contributed by atoms with Crippen LogP contribution >= 0.6 is 21.6 Å². The minimum absolute atomic E-state index is 0.406. The highest BCUT2D eigenvalue weighted by Gasteiger charge is 1.73. The van der Waals surface area contributed by atoms with Gasteiger partial charge in [0.05, 0.1) is 12.7 Å². The molecule has 0 spiro atoms. The molecule has 4 heteroatoms. The molecule has 0 aromatic rings. The Kier molecular flexibility index (Phi) is 7.08. The Bertz CT molecular complexity index is 78.0. The molecule has 0 nitrogen and oxygen atoms in total. The van der Waals surface area contributed by atoms with E-state index in [1.807, 2.05) is 0 Å². The zero-order valence-electron chi connectivity index (χ0n) is 3.88. The van der Waals surface area contributed by atoms with Gasteiger partial charge in [-0.1, -0.05) is 21.6 Å². The van der Waals surface area contributed by atoms with E-state index < -0.39 is 0 Å². The summed E-state index contributed by atoms with van der Waals surface area (Å²) in [6.45, 7) is 0. The molecule has 0 amide bonds. The summed E-state index contributed by atoms with van der Waals surface area (Å²) in [5.74, 6) is 0. The third kappa shape index (κ3) is 6.04. The predicted molar refractivity (Wildman–Crippen MR) is 35.7 cm³/mol. The molecule has 0 rings (SSSR count). The maximum Gasteiger partial charge on any atom is 0.0938 e. The molecule has 0 unspecified atom stereocenters. The van der Waals surface area contributed by atoms with Gasteiger partial charge in [0, 0.05) is 10.8 Å². The van der Waals surface area contributed by atoms with Crippen LogP contribution in [0.2, 0.25) is 0 Å². The van der Waals surface area contributed by atoms with Crippen molar-refractivity contribution in [2.75, 3.05) is 0 Å². The van der Waals surface area contributed by atoms with Gasteiger partial charge in [-0.2, -0.15) is 0 Å². The average Bonchev–Trinajstić information content (AvgIpc) is 1.81. The topological polar surface area (TPSA) is 0 Å². The van der Waals surface area contributed by atoms with Crippen LogP contribution in [0.25, 0.3) is 0 Å². The SMILES string of the molecule is FC=CSSC=CF. The Balaban J connectivity index is 2.93. The smallest absolute Gasteiger partial charge is 0.0938 e.